The van der Waals surface area contributed by atoms with Gasteiger partial charge in [0.25, 0.3) is 0 Å². The van der Waals surface area contributed by atoms with Gasteiger partial charge in [0, 0.05) is 7.05 Å². The van der Waals surface area contributed by atoms with Gasteiger partial charge in [0.2, 0.25) is 8.07 Å². The first-order chi connectivity index (χ1) is 5.07. The fourth-order valence-electron chi connectivity index (χ4n) is 0.501. The van der Waals surface area contributed by atoms with Gasteiger partial charge in [-0.05, 0) is 0 Å². The van der Waals surface area contributed by atoms with Crippen molar-refractivity contribution in [2.75, 3.05) is 7.05 Å². The first-order valence-corrected chi connectivity index (χ1v) is 3.78. The van der Waals surface area contributed by atoms with Crippen molar-refractivity contribution in [1.82, 2.24) is 4.78 Å². The van der Waals surface area contributed by atoms with Crippen LogP contribution in [-0.4, -0.2) is 23.7 Å². The molecule has 0 atom stereocenters. The lowest BCUT2D eigenvalue weighted by molar-refractivity contribution is -0.0903. The van der Waals surface area contributed by atoms with Gasteiger partial charge in [0.15, 0.2) is 0 Å². The molecule has 2 N–H and O–H groups in total. The summed E-state index contributed by atoms with van der Waals surface area (Å²) in [5, 5.41) is 0. The van der Waals surface area contributed by atoms with E-state index in [0.717, 1.165) is 0 Å². The van der Waals surface area contributed by atoms with Crippen LogP contribution in [0.5, 0.6) is 0 Å². The molecule has 12 heavy (non-hydrogen) atoms. The summed E-state index contributed by atoms with van der Waals surface area (Å²) in [5.74, 6) is -6.24. The number of rotatable bonds is 1. The molecule has 0 unspecified atom stereocenters. The molecule has 0 spiro atoms. The predicted molar refractivity (Wildman–Crippen MR) is 31.0 cm³/mol. The molecule has 74 valence electrons. The van der Waals surface area contributed by atoms with E-state index in [2.05, 4.69) is 5.84 Å². The average molecular weight is 214 g/mol. The van der Waals surface area contributed by atoms with Crippen LogP contribution in [0, 0.1) is 0 Å². The second-order valence-corrected chi connectivity index (χ2v) is 4.09. The van der Waals surface area contributed by atoms with E-state index in [-0.39, 0.29) is 4.78 Å². The maximum atomic E-state index is 11.7. The molecule has 0 aromatic rings. The Morgan fingerprint density at radius 2 is 1.25 bits per heavy atom. The van der Waals surface area contributed by atoms with Crippen molar-refractivity contribution in [3.63, 3.8) is 0 Å². The zero-order valence-electron chi connectivity index (χ0n) is 5.74. The van der Waals surface area contributed by atoms with Gasteiger partial charge in [0.05, 0.1) is 0 Å². The number of alkyl halides is 6. The highest BCUT2D eigenvalue weighted by Crippen LogP contribution is 2.64. The number of nitrogens with zero attached hydrogens (tertiary/aromatic N) is 1. The average Bonchev–Trinajstić information content (AvgIpc) is 1.49. The monoisotopic (exact) mass is 214 g/mol. The molecule has 0 aromatic carbocycles. The van der Waals surface area contributed by atoms with Crippen molar-refractivity contribution in [2.45, 2.75) is 11.8 Å². The van der Waals surface area contributed by atoms with E-state index >= 15 is 0 Å². The first kappa shape index (κ1) is 11.9. The molecule has 9 heteroatoms. The molecule has 0 saturated carbocycles. The Morgan fingerprint density at radius 3 is 1.25 bits per heavy atom. The van der Waals surface area contributed by atoms with Crippen LogP contribution in [0.4, 0.5) is 26.3 Å². The number of hydrogen-bond donors (Lipinski definition) is 1. The van der Waals surface area contributed by atoms with Gasteiger partial charge < -0.3 is 0 Å². The zero-order chi connectivity index (χ0) is 10.2. The molecular formula is C3H5F6N2P. The van der Waals surface area contributed by atoms with Crippen LogP contribution in [0.3, 0.4) is 0 Å². The van der Waals surface area contributed by atoms with Crippen LogP contribution >= 0.6 is 8.07 Å². The number of hydrazine groups is 1. The fraction of sp³-hybridized carbons (Fsp3) is 1.00. The standard InChI is InChI=1S/C3H5F6N2P/c1-11(10)12(2(4,5)6)3(7,8)9/h10H2,1H3. The SMILES string of the molecule is CN(N)P(C(F)(F)F)C(F)(F)F. The van der Waals surface area contributed by atoms with Crippen molar-refractivity contribution < 1.29 is 26.3 Å². The summed E-state index contributed by atoms with van der Waals surface area (Å²) in [7, 11) is -3.76. The third-order valence-electron chi connectivity index (χ3n) is 0.796. The van der Waals surface area contributed by atoms with Gasteiger partial charge in [-0.25, -0.2) is 4.78 Å². The van der Waals surface area contributed by atoms with Crippen LogP contribution in [-0.2, 0) is 0 Å². The van der Waals surface area contributed by atoms with Gasteiger partial charge in [-0.2, -0.15) is 26.3 Å². The fourth-order valence-corrected chi connectivity index (χ4v) is 1.50. The summed E-state index contributed by atoms with van der Waals surface area (Å²) >= 11 is 0. The van der Waals surface area contributed by atoms with Crippen LogP contribution in [0.2, 0.25) is 0 Å². The number of nitrogens with two attached hydrogens (primary N) is 1. The third-order valence-corrected chi connectivity index (χ3v) is 2.39. The van der Waals surface area contributed by atoms with Crippen LogP contribution in [0.25, 0.3) is 0 Å². The maximum absolute atomic E-state index is 11.7. The molecule has 0 aliphatic rings. The van der Waals surface area contributed by atoms with Crippen molar-refractivity contribution in [3.8, 4) is 0 Å². The molecule has 0 aliphatic heterocycles. The quantitative estimate of drug-likeness (QED) is 0.314. The Bertz CT molecular complexity index is 136. The minimum absolute atomic E-state index is 0.352. The van der Waals surface area contributed by atoms with Crippen molar-refractivity contribution >= 4 is 8.07 Å². The van der Waals surface area contributed by atoms with Crippen LogP contribution in [0.15, 0.2) is 0 Å². The number of hydrogen-bond acceptors (Lipinski definition) is 2. The second kappa shape index (κ2) is 3.35. The van der Waals surface area contributed by atoms with E-state index in [0.29, 0.717) is 7.05 Å². The highest BCUT2D eigenvalue weighted by Gasteiger charge is 2.59. The summed E-state index contributed by atoms with van der Waals surface area (Å²) < 4.78 is 69.6. The summed E-state index contributed by atoms with van der Waals surface area (Å²) in [6.45, 7) is 0. The maximum Gasteiger partial charge on any atom is 0.429 e. The van der Waals surface area contributed by atoms with Gasteiger partial charge in [-0.3, -0.25) is 5.84 Å². The van der Waals surface area contributed by atoms with E-state index in [1.54, 1.807) is 0 Å². The predicted octanol–water partition coefficient (Wildman–Crippen LogP) is 2.23. The summed E-state index contributed by atoms with van der Waals surface area (Å²) in [6.07, 6.45) is 0. The summed E-state index contributed by atoms with van der Waals surface area (Å²) in [4.78, 5) is 0. The smallest absolute Gasteiger partial charge is 0.265 e. The second-order valence-electron chi connectivity index (χ2n) is 1.82. The zero-order valence-corrected chi connectivity index (χ0v) is 6.63. The first-order valence-electron chi connectivity index (χ1n) is 2.49. The molecule has 0 fully saturated rings. The van der Waals surface area contributed by atoms with Crippen molar-refractivity contribution in [3.05, 3.63) is 0 Å². The minimum atomic E-state index is -5.34. The normalized spacial score (nSPS) is 14.5. The van der Waals surface area contributed by atoms with Gasteiger partial charge in [-0.15, -0.1) is 0 Å². The lowest BCUT2D eigenvalue weighted by Crippen LogP contribution is -2.33. The van der Waals surface area contributed by atoms with E-state index in [4.69, 9.17) is 0 Å². The van der Waals surface area contributed by atoms with Crippen molar-refractivity contribution in [2.24, 2.45) is 5.84 Å². The van der Waals surface area contributed by atoms with Gasteiger partial charge in [0.1, 0.15) is 0 Å². The molecule has 0 aliphatic carbocycles. The molecule has 0 heterocycles. The van der Waals surface area contributed by atoms with Crippen LogP contribution in [0.1, 0.15) is 0 Å². The summed E-state index contributed by atoms with van der Waals surface area (Å²) in [5.41, 5.74) is 0. The van der Waals surface area contributed by atoms with Crippen LogP contribution < -0.4 is 5.84 Å². The Balaban J connectivity index is 4.70. The molecule has 0 amide bonds. The van der Waals surface area contributed by atoms with E-state index in [9.17, 15) is 26.3 Å². The lowest BCUT2D eigenvalue weighted by atomic mass is 11.5. The molecule has 0 aromatic heterocycles. The third kappa shape index (κ3) is 3.12. The van der Waals surface area contributed by atoms with E-state index < -0.39 is 19.9 Å². The minimum Gasteiger partial charge on any atom is -0.265 e. The lowest BCUT2D eigenvalue weighted by Gasteiger charge is -2.27. The Kier molecular flexibility index (Phi) is 3.33. The van der Waals surface area contributed by atoms with Crippen molar-refractivity contribution in [1.29, 1.82) is 0 Å². The molecule has 0 saturated heterocycles. The van der Waals surface area contributed by atoms with Gasteiger partial charge in [-0.1, -0.05) is 0 Å². The van der Waals surface area contributed by atoms with Gasteiger partial charge >= 0.3 is 11.8 Å². The number of halogens is 6. The Labute approximate surface area is 65.1 Å². The topological polar surface area (TPSA) is 29.3 Å². The van der Waals surface area contributed by atoms with E-state index in [1.807, 2.05) is 0 Å². The summed E-state index contributed by atoms with van der Waals surface area (Å²) in [6, 6.07) is 0. The highest BCUT2D eigenvalue weighted by molar-refractivity contribution is 7.57. The largest absolute Gasteiger partial charge is 0.429 e. The molecule has 0 bridgehead atoms. The Morgan fingerprint density at radius 1 is 1.00 bits per heavy atom. The van der Waals surface area contributed by atoms with E-state index in [1.165, 1.54) is 0 Å². The molecule has 0 radical (unpaired) electrons. The molecular weight excluding hydrogens is 209 g/mol. The highest BCUT2D eigenvalue weighted by atomic mass is 31.1. The molecule has 2 nitrogen and oxygen atoms in total. The Hall–Kier alpha value is -0.0700. The molecule has 0 rings (SSSR count).